The van der Waals surface area contributed by atoms with Crippen LogP contribution in [0.4, 0.5) is 0 Å². The van der Waals surface area contributed by atoms with Gasteiger partial charge in [0.1, 0.15) is 0 Å². The summed E-state index contributed by atoms with van der Waals surface area (Å²) >= 11 is 0. The van der Waals surface area contributed by atoms with Gasteiger partial charge in [0.15, 0.2) is 16.2 Å². The van der Waals surface area contributed by atoms with E-state index < -0.39 is 24.3 Å². The fraction of sp³-hybridized carbons (Fsp3) is 0. The molecule has 0 aliphatic heterocycles. The van der Waals surface area contributed by atoms with Crippen LogP contribution in [0.3, 0.4) is 0 Å². The fourth-order valence-electron chi connectivity index (χ4n) is 3.81. The molecule has 0 fully saturated rings. The molecule has 3 nitrogen and oxygen atoms in total. The van der Waals surface area contributed by atoms with Crippen molar-refractivity contribution in [3.05, 3.63) is 138 Å². The molecule has 0 aliphatic carbocycles. The normalized spacial score (nSPS) is 11.0. The van der Waals surface area contributed by atoms with Crippen molar-refractivity contribution in [1.82, 2.24) is 0 Å². The van der Waals surface area contributed by atoms with Crippen molar-refractivity contribution in [3.63, 3.8) is 0 Å². The summed E-state index contributed by atoms with van der Waals surface area (Å²) in [6.45, 7) is 0. The molecule has 0 N–H and O–H groups in total. The first-order valence-corrected chi connectivity index (χ1v) is 12.0. The minimum absolute atomic E-state index is 0.367. The predicted octanol–water partition coefficient (Wildman–Crippen LogP) is 4.61. The lowest BCUT2D eigenvalue weighted by Gasteiger charge is -2.28. The molecule has 0 unspecified atom stereocenters. The maximum absolute atomic E-state index is 14.1. The molecule has 0 radical (unpaired) electrons. The Morgan fingerprint density at radius 2 is 0.645 bits per heavy atom. The fourth-order valence-corrected chi connectivity index (χ4v) is 7.71. The van der Waals surface area contributed by atoms with Crippen LogP contribution in [0.25, 0.3) is 0 Å². The van der Waals surface area contributed by atoms with E-state index in [-0.39, 0.29) is 0 Å². The zero-order valence-electron chi connectivity index (χ0n) is 16.8. The summed E-state index contributed by atoms with van der Waals surface area (Å²) in [7, 11) is -4.12. The molecule has 0 saturated carbocycles. The van der Waals surface area contributed by atoms with Crippen molar-refractivity contribution in [2.24, 2.45) is 0 Å². The van der Waals surface area contributed by atoms with Crippen LogP contribution in [-0.2, 0) is 0 Å². The molecule has 0 heterocycles. The number of rotatable bonds is 7. The summed E-state index contributed by atoms with van der Waals surface area (Å²) < 4.78 is 0. The third-order valence-electron chi connectivity index (χ3n) is 5.34. The Labute approximate surface area is 182 Å². The molecule has 0 aromatic heterocycles. The van der Waals surface area contributed by atoms with Gasteiger partial charge in [0.2, 0.25) is 0 Å². The highest BCUT2D eigenvalue weighted by Gasteiger charge is 2.57. The molecule has 0 spiro atoms. The van der Waals surface area contributed by atoms with Crippen molar-refractivity contribution >= 4 is 29.5 Å². The van der Waals surface area contributed by atoms with Gasteiger partial charge in [0.05, 0.1) is 0 Å². The molecule has 0 aliphatic rings. The van der Waals surface area contributed by atoms with E-state index in [1.165, 1.54) is 0 Å². The molecule has 4 aromatic rings. The molecule has 150 valence electrons. The van der Waals surface area contributed by atoms with Crippen molar-refractivity contribution in [1.29, 1.82) is 0 Å². The summed E-state index contributed by atoms with van der Waals surface area (Å²) in [4.78, 5) is 42.4. The largest absolute Gasteiger partial charge is 0.326 e. The van der Waals surface area contributed by atoms with Gasteiger partial charge in [0, 0.05) is 16.7 Å². The lowest BCUT2D eigenvalue weighted by molar-refractivity contribution is 0.0986. The standard InChI is InChI=1S/C27H20O3Si/c28-25(21-13-5-1-6-14-21)31(24-19-11-4-12-20-24,26(29)22-15-7-2-8-16-22)27(30)23-17-9-3-10-18-23/h1-20H. The first-order chi connectivity index (χ1) is 15.2. The maximum atomic E-state index is 14.1. The summed E-state index contributed by atoms with van der Waals surface area (Å²) in [6.07, 6.45) is 0. The highest BCUT2D eigenvalue weighted by Crippen LogP contribution is 2.23. The van der Waals surface area contributed by atoms with Crippen LogP contribution in [0.15, 0.2) is 121 Å². The second-order valence-electron chi connectivity index (χ2n) is 7.20. The molecule has 0 amide bonds. The van der Waals surface area contributed by atoms with Crippen LogP contribution in [-0.4, -0.2) is 24.3 Å². The first kappa shape index (κ1) is 20.4. The highest BCUT2D eigenvalue weighted by molar-refractivity contribution is 7.49. The second-order valence-corrected chi connectivity index (χ2v) is 10.6. The van der Waals surface area contributed by atoms with Gasteiger partial charge in [-0.1, -0.05) is 121 Å². The Morgan fingerprint density at radius 3 is 0.935 bits per heavy atom. The molecular formula is C27H20O3Si. The first-order valence-electron chi connectivity index (χ1n) is 10.0. The number of carbonyl (C=O) groups is 3. The summed E-state index contributed by atoms with van der Waals surface area (Å²) in [5.41, 5.74) is 1.10. The van der Waals surface area contributed by atoms with Crippen LogP contribution >= 0.6 is 0 Å². The van der Waals surface area contributed by atoms with Gasteiger partial charge in [-0.3, -0.25) is 14.4 Å². The van der Waals surface area contributed by atoms with E-state index in [1.54, 1.807) is 115 Å². The Bertz CT molecular complexity index is 1080. The molecule has 0 atom stereocenters. The van der Waals surface area contributed by atoms with Crippen molar-refractivity contribution in [2.45, 2.75) is 0 Å². The predicted molar refractivity (Wildman–Crippen MR) is 124 cm³/mol. The van der Waals surface area contributed by atoms with Gasteiger partial charge < -0.3 is 0 Å². The number of benzene rings is 4. The molecule has 0 saturated heterocycles. The average Bonchev–Trinajstić information content (AvgIpc) is 2.86. The van der Waals surface area contributed by atoms with E-state index in [0.29, 0.717) is 21.9 Å². The van der Waals surface area contributed by atoms with E-state index in [0.717, 1.165) is 0 Å². The molecule has 4 rings (SSSR count). The van der Waals surface area contributed by atoms with Crippen LogP contribution in [0.1, 0.15) is 31.1 Å². The third-order valence-corrected chi connectivity index (χ3v) is 9.45. The highest BCUT2D eigenvalue weighted by atomic mass is 28.3. The quantitative estimate of drug-likeness (QED) is 0.410. The van der Waals surface area contributed by atoms with Gasteiger partial charge in [-0.05, 0) is 5.19 Å². The van der Waals surface area contributed by atoms with Crippen molar-refractivity contribution in [2.75, 3.05) is 0 Å². The zero-order chi connectivity index (χ0) is 21.7. The Morgan fingerprint density at radius 1 is 0.387 bits per heavy atom. The summed E-state index contributed by atoms with van der Waals surface area (Å²) in [6, 6.07) is 34.7. The monoisotopic (exact) mass is 420 g/mol. The maximum Gasteiger partial charge on any atom is 0.326 e. The van der Waals surface area contributed by atoms with E-state index in [1.807, 2.05) is 6.07 Å². The zero-order valence-corrected chi connectivity index (χ0v) is 17.8. The summed E-state index contributed by atoms with van der Waals surface area (Å²) in [5, 5.41) is -0.711. The number of hydrogen-bond donors (Lipinski definition) is 0. The Balaban J connectivity index is 2.05. The van der Waals surface area contributed by atoms with Crippen LogP contribution in [0, 0.1) is 0 Å². The van der Waals surface area contributed by atoms with E-state index >= 15 is 0 Å². The Kier molecular flexibility index (Phi) is 5.82. The Hall–Kier alpha value is -3.89. The van der Waals surface area contributed by atoms with Crippen molar-refractivity contribution < 1.29 is 14.4 Å². The molecule has 4 heteroatoms. The van der Waals surface area contributed by atoms with Crippen LogP contribution < -0.4 is 5.19 Å². The minimum atomic E-state index is -4.12. The number of hydrogen-bond acceptors (Lipinski definition) is 3. The van der Waals surface area contributed by atoms with Crippen LogP contribution in [0.2, 0.25) is 0 Å². The average molecular weight is 421 g/mol. The topological polar surface area (TPSA) is 51.2 Å². The van der Waals surface area contributed by atoms with Crippen molar-refractivity contribution in [3.8, 4) is 0 Å². The van der Waals surface area contributed by atoms with Gasteiger partial charge in [-0.15, -0.1) is 0 Å². The van der Waals surface area contributed by atoms with Gasteiger partial charge >= 0.3 is 8.07 Å². The second kappa shape index (κ2) is 8.86. The van der Waals surface area contributed by atoms with Gasteiger partial charge in [-0.2, -0.15) is 0 Å². The van der Waals surface area contributed by atoms with Crippen LogP contribution in [0.5, 0.6) is 0 Å². The number of carbonyl (C=O) groups excluding carboxylic acids is 3. The molecule has 31 heavy (non-hydrogen) atoms. The smallest absolute Gasteiger partial charge is 0.298 e. The molecule has 4 aromatic carbocycles. The van der Waals surface area contributed by atoms with E-state index in [9.17, 15) is 14.4 Å². The van der Waals surface area contributed by atoms with Gasteiger partial charge in [0.25, 0.3) is 0 Å². The lowest BCUT2D eigenvalue weighted by Crippen LogP contribution is -2.68. The minimum Gasteiger partial charge on any atom is -0.298 e. The summed E-state index contributed by atoms with van der Waals surface area (Å²) in [5.74, 6) is 0. The molecule has 0 bridgehead atoms. The molecular weight excluding hydrogens is 400 g/mol. The van der Waals surface area contributed by atoms with Gasteiger partial charge in [-0.25, -0.2) is 0 Å². The van der Waals surface area contributed by atoms with E-state index in [4.69, 9.17) is 0 Å². The SMILES string of the molecule is O=C(c1ccccc1)[Si](C(=O)c1ccccc1)(C(=O)c1ccccc1)c1ccccc1. The lowest BCUT2D eigenvalue weighted by atomic mass is 10.2. The third kappa shape index (κ3) is 3.69. The van der Waals surface area contributed by atoms with E-state index in [2.05, 4.69) is 0 Å².